The monoisotopic (exact) mass is 415 g/mol. The number of aromatic nitrogens is 2. The first-order chi connectivity index (χ1) is 15.2. The highest BCUT2D eigenvalue weighted by Gasteiger charge is 2.20. The number of benzene rings is 3. The second-order valence-electron chi connectivity index (χ2n) is 7.30. The van der Waals surface area contributed by atoms with Gasteiger partial charge in [-0.15, -0.1) is 0 Å². The average molecular weight is 415 g/mol. The molecule has 4 rings (SSSR count). The maximum Gasteiger partial charge on any atom is 0.225 e. The third kappa shape index (κ3) is 4.86. The molecule has 158 valence electrons. The van der Waals surface area contributed by atoms with Gasteiger partial charge in [-0.05, 0) is 30.2 Å². The van der Waals surface area contributed by atoms with Crippen molar-refractivity contribution in [1.82, 2.24) is 15.3 Å². The molecule has 0 radical (unpaired) electrons. The second-order valence-corrected chi connectivity index (χ2v) is 7.30. The summed E-state index contributed by atoms with van der Waals surface area (Å²) in [7, 11) is 3.19. The van der Waals surface area contributed by atoms with Gasteiger partial charge in [0.15, 0.2) is 0 Å². The van der Waals surface area contributed by atoms with Gasteiger partial charge in [-0.1, -0.05) is 48.5 Å². The van der Waals surface area contributed by atoms with Gasteiger partial charge in [0.2, 0.25) is 5.91 Å². The van der Waals surface area contributed by atoms with Crippen molar-refractivity contribution in [1.29, 1.82) is 0 Å². The number of hydrogen-bond acceptors (Lipinski definition) is 4. The molecular weight excluding hydrogens is 390 g/mol. The minimum atomic E-state index is -0.286. The Bertz CT molecular complexity index is 1140. The van der Waals surface area contributed by atoms with Gasteiger partial charge in [0.25, 0.3) is 0 Å². The summed E-state index contributed by atoms with van der Waals surface area (Å²) in [5.74, 6) is 1.94. The second kappa shape index (κ2) is 9.34. The van der Waals surface area contributed by atoms with Crippen LogP contribution in [0.2, 0.25) is 0 Å². The summed E-state index contributed by atoms with van der Waals surface area (Å²) in [5, 5.41) is 3.15. The number of carbonyl (C=O) groups is 1. The van der Waals surface area contributed by atoms with Crippen LogP contribution < -0.4 is 14.8 Å². The highest BCUT2D eigenvalue weighted by atomic mass is 16.5. The molecule has 2 N–H and O–H groups in total. The number of amides is 1. The van der Waals surface area contributed by atoms with Gasteiger partial charge in [0.1, 0.15) is 17.3 Å². The summed E-state index contributed by atoms with van der Waals surface area (Å²) in [6, 6.07) is 23.1. The Labute approximate surface area is 181 Å². The van der Waals surface area contributed by atoms with E-state index in [0.717, 1.165) is 28.0 Å². The first-order valence-corrected chi connectivity index (χ1v) is 10.1. The number of ether oxygens (including phenoxy) is 2. The largest absolute Gasteiger partial charge is 0.497 e. The van der Waals surface area contributed by atoms with Crippen molar-refractivity contribution < 1.29 is 14.3 Å². The quantitative estimate of drug-likeness (QED) is 0.452. The van der Waals surface area contributed by atoms with Crippen LogP contribution in [0.5, 0.6) is 11.5 Å². The predicted octanol–water partition coefficient (Wildman–Crippen LogP) is 4.22. The zero-order valence-electron chi connectivity index (χ0n) is 17.6. The van der Waals surface area contributed by atoms with E-state index in [0.29, 0.717) is 17.9 Å². The first kappa shape index (κ1) is 20.5. The summed E-state index contributed by atoms with van der Waals surface area (Å²) in [6.45, 7) is 0. The van der Waals surface area contributed by atoms with Crippen LogP contribution in [0.3, 0.4) is 0 Å². The van der Waals surface area contributed by atoms with Crippen molar-refractivity contribution in [2.45, 2.75) is 18.9 Å². The number of hydrogen-bond donors (Lipinski definition) is 2. The van der Waals surface area contributed by atoms with Crippen LogP contribution in [0, 0.1) is 0 Å². The minimum absolute atomic E-state index is 0.107. The number of carbonyl (C=O) groups excluding carboxylic acids is 1. The molecule has 6 heteroatoms. The van der Waals surface area contributed by atoms with E-state index in [1.807, 2.05) is 66.7 Å². The summed E-state index contributed by atoms with van der Waals surface area (Å²) in [5.41, 5.74) is 3.74. The van der Waals surface area contributed by atoms with Crippen molar-refractivity contribution in [3.05, 3.63) is 89.7 Å². The van der Waals surface area contributed by atoms with E-state index in [1.54, 1.807) is 20.3 Å². The Hall–Kier alpha value is -3.80. The van der Waals surface area contributed by atoms with Crippen molar-refractivity contribution in [3.63, 3.8) is 0 Å². The minimum Gasteiger partial charge on any atom is -0.497 e. The van der Waals surface area contributed by atoms with Gasteiger partial charge in [-0.3, -0.25) is 4.79 Å². The normalized spacial score (nSPS) is 11.8. The fourth-order valence-electron chi connectivity index (χ4n) is 3.62. The molecule has 0 aliphatic rings. The molecule has 0 bridgehead atoms. The maximum atomic E-state index is 13.0. The number of para-hydroxylation sites is 2. The van der Waals surface area contributed by atoms with Crippen LogP contribution in [0.1, 0.15) is 23.0 Å². The Morgan fingerprint density at radius 1 is 1.00 bits per heavy atom. The number of fused-ring (bicyclic) bond motifs is 1. The Kier molecular flexibility index (Phi) is 6.17. The molecule has 0 aliphatic carbocycles. The Morgan fingerprint density at radius 2 is 1.77 bits per heavy atom. The zero-order chi connectivity index (χ0) is 21.6. The third-order valence-electron chi connectivity index (χ3n) is 5.20. The summed E-state index contributed by atoms with van der Waals surface area (Å²) < 4.78 is 10.7. The van der Waals surface area contributed by atoms with E-state index in [2.05, 4.69) is 10.3 Å². The SMILES string of the molecule is COc1ccc(CC(=O)N[C@@H](Cc2ccccc2)c2nc3ccccc3[nH]2)c(OC)c1. The van der Waals surface area contributed by atoms with Crippen LogP contribution in [0.15, 0.2) is 72.8 Å². The molecule has 31 heavy (non-hydrogen) atoms. The van der Waals surface area contributed by atoms with Crippen molar-refractivity contribution in [2.24, 2.45) is 0 Å². The number of methoxy groups -OCH3 is 2. The molecule has 0 aliphatic heterocycles. The van der Waals surface area contributed by atoms with Crippen molar-refractivity contribution in [3.8, 4) is 11.5 Å². The van der Waals surface area contributed by atoms with E-state index in [-0.39, 0.29) is 18.4 Å². The van der Waals surface area contributed by atoms with E-state index >= 15 is 0 Å². The smallest absolute Gasteiger partial charge is 0.225 e. The molecule has 4 aromatic rings. The Balaban J connectivity index is 1.57. The molecule has 1 atom stereocenters. The van der Waals surface area contributed by atoms with E-state index < -0.39 is 0 Å². The number of nitrogens with zero attached hydrogens (tertiary/aromatic N) is 1. The third-order valence-corrected chi connectivity index (χ3v) is 5.20. The van der Waals surface area contributed by atoms with Gasteiger partial charge in [0.05, 0.1) is 37.7 Å². The maximum absolute atomic E-state index is 13.0. The van der Waals surface area contributed by atoms with Gasteiger partial charge < -0.3 is 19.8 Å². The molecule has 1 heterocycles. The fourth-order valence-corrected chi connectivity index (χ4v) is 3.62. The molecule has 3 aromatic carbocycles. The molecule has 0 saturated carbocycles. The Morgan fingerprint density at radius 3 is 2.52 bits per heavy atom. The van der Waals surface area contributed by atoms with E-state index in [4.69, 9.17) is 14.5 Å². The van der Waals surface area contributed by atoms with Gasteiger partial charge in [-0.25, -0.2) is 4.98 Å². The molecule has 1 aromatic heterocycles. The highest BCUT2D eigenvalue weighted by Crippen LogP contribution is 2.26. The molecular formula is C25H25N3O3. The van der Waals surface area contributed by atoms with Crippen molar-refractivity contribution in [2.75, 3.05) is 14.2 Å². The van der Waals surface area contributed by atoms with Crippen LogP contribution in [0.25, 0.3) is 11.0 Å². The number of imidazole rings is 1. The molecule has 1 amide bonds. The molecule has 0 spiro atoms. The number of aromatic amines is 1. The number of rotatable bonds is 8. The van der Waals surface area contributed by atoms with Crippen LogP contribution >= 0.6 is 0 Å². The highest BCUT2D eigenvalue weighted by molar-refractivity contribution is 5.80. The number of nitrogens with one attached hydrogen (secondary N) is 2. The topological polar surface area (TPSA) is 76.2 Å². The summed E-state index contributed by atoms with van der Waals surface area (Å²) >= 11 is 0. The first-order valence-electron chi connectivity index (χ1n) is 10.1. The van der Waals surface area contributed by atoms with Crippen LogP contribution in [0.4, 0.5) is 0 Å². The lowest BCUT2D eigenvalue weighted by Gasteiger charge is -2.18. The molecule has 0 saturated heterocycles. The average Bonchev–Trinajstić information content (AvgIpc) is 3.24. The molecule has 6 nitrogen and oxygen atoms in total. The lowest BCUT2D eigenvalue weighted by molar-refractivity contribution is -0.121. The van der Waals surface area contributed by atoms with Crippen LogP contribution in [-0.4, -0.2) is 30.1 Å². The lowest BCUT2D eigenvalue weighted by atomic mass is 10.0. The number of H-pyrrole nitrogens is 1. The van der Waals surface area contributed by atoms with Crippen LogP contribution in [-0.2, 0) is 17.6 Å². The van der Waals surface area contributed by atoms with Gasteiger partial charge in [-0.2, -0.15) is 0 Å². The summed E-state index contributed by atoms with van der Waals surface area (Å²) in [4.78, 5) is 21.1. The van der Waals surface area contributed by atoms with E-state index in [9.17, 15) is 4.79 Å². The summed E-state index contributed by atoms with van der Waals surface area (Å²) in [6.07, 6.45) is 0.824. The standard InChI is InChI=1S/C25H25N3O3/c1-30-19-13-12-18(23(16-19)31-2)15-24(29)26-22(14-17-8-4-3-5-9-17)25-27-20-10-6-7-11-21(20)28-25/h3-13,16,22H,14-15H2,1-2H3,(H,26,29)(H,27,28)/t22-/m0/s1. The zero-order valence-corrected chi connectivity index (χ0v) is 17.6. The fraction of sp³-hybridized carbons (Fsp3) is 0.200. The lowest BCUT2D eigenvalue weighted by Crippen LogP contribution is -2.32. The molecule has 0 unspecified atom stereocenters. The van der Waals surface area contributed by atoms with E-state index in [1.165, 1.54) is 0 Å². The van der Waals surface area contributed by atoms with Gasteiger partial charge >= 0.3 is 0 Å². The van der Waals surface area contributed by atoms with Gasteiger partial charge in [0, 0.05) is 11.6 Å². The molecule has 0 fully saturated rings. The van der Waals surface area contributed by atoms with Crippen molar-refractivity contribution >= 4 is 16.9 Å². The predicted molar refractivity (Wildman–Crippen MR) is 120 cm³/mol.